The summed E-state index contributed by atoms with van der Waals surface area (Å²) in [7, 11) is 0. The van der Waals surface area contributed by atoms with Crippen LogP contribution in [0.15, 0.2) is 48.5 Å². The second-order valence-electron chi connectivity index (χ2n) is 4.80. The number of halogens is 1. The Morgan fingerprint density at radius 2 is 1.95 bits per heavy atom. The van der Waals surface area contributed by atoms with Gasteiger partial charge in [-0.2, -0.15) is 11.8 Å². The van der Waals surface area contributed by atoms with Crippen LogP contribution in [0.2, 0.25) is 0 Å². The number of amides is 1. The van der Waals surface area contributed by atoms with Gasteiger partial charge in [0.2, 0.25) is 0 Å². The van der Waals surface area contributed by atoms with Crippen molar-refractivity contribution in [3.05, 3.63) is 68.8 Å². The summed E-state index contributed by atoms with van der Waals surface area (Å²) in [5.74, 6) is 1.91. The molecule has 0 aliphatic rings. The molecule has 2 nitrogen and oxygen atoms in total. The fourth-order valence-electron chi connectivity index (χ4n) is 1.84. The highest BCUT2D eigenvalue weighted by Crippen LogP contribution is 2.12. The van der Waals surface area contributed by atoms with Gasteiger partial charge < -0.3 is 5.32 Å². The van der Waals surface area contributed by atoms with Gasteiger partial charge in [-0.1, -0.05) is 35.9 Å². The SMILES string of the molecule is Cc1ccc(CSCCNC(=O)c2cccc(I)c2)cc1. The van der Waals surface area contributed by atoms with Crippen molar-refractivity contribution >= 4 is 40.3 Å². The lowest BCUT2D eigenvalue weighted by Gasteiger charge is -2.06. The summed E-state index contributed by atoms with van der Waals surface area (Å²) in [4.78, 5) is 11.9. The normalized spacial score (nSPS) is 10.4. The lowest BCUT2D eigenvalue weighted by molar-refractivity contribution is 0.0956. The Hall–Kier alpha value is -1.01. The molecule has 2 aromatic carbocycles. The lowest BCUT2D eigenvalue weighted by Crippen LogP contribution is -2.25. The summed E-state index contributed by atoms with van der Waals surface area (Å²) in [5.41, 5.74) is 3.34. The van der Waals surface area contributed by atoms with E-state index in [1.807, 2.05) is 36.0 Å². The third-order valence-electron chi connectivity index (χ3n) is 3.01. The van der Waals surface area contributed by atoms with E-state index in [1.54, 1.807) is 0 Å². The molecule has 4 heteroatoms. The van der Waals surface area contributed by atoms with Crippen LogP contribution in [-0.2, 0) is 5.75 Å². The molecule has 0 unspecified atom stereocenters. The van der Waals surface area contributed by atoms with Crippen LogP contribution >= 0.6 is 34.4 Å². The van der Waals surface area contributed by atoms with E-state index in [4.69, 9.17) is 0 Å². The van der Waals surface area contributed by atoms with Gasteiger partial charge >= 0.3 is 0 Å². The number of rotatable bonds is 6. The summed E-state index contributed by atoms with van der Waals surface area (Å²) in [6, 6.07) is 16.2. The second-order valence-corrected chi connectivity index (χ2v) is 7.16. The lowest BCUT2D eigenvalue weighted by atomic mass is 10.2. The van der Waals surface area contributed by atoms with E-state index in [0.29, 0.717) is 6.54 Å². The molecule has 110 valence electrons. The van der Waals surface area contributed by atoms with Crippen LogP contribution in [0.4, 0.5) is 0 Å². The van der Waals surface area contributed by atoms with Gasteiger partial charge in [-0.15, -0.1) is 0 Å². The molecular weight excluding hydrogens is 393 g/mol. The maximum Gasteiger partial charge on any atom is 0.251 e. The average Bonchev–Trinajstić information content (AvgIpc) is 2.48. The predicted molar refractivity (Wildman–Crippen MR) is 98.8 cm³/mol. The summed E-state index contributed by atoms with van der Waals surface area (Å²) < 4.78 is 1.08. The maximum atomic E-state index is 11.9. The number of hydrogen-bond donors (Lipinski definition) is 1. The van der Waals surface area contributed by atoms with Gasteiger partial charge in [0.25, 0.3) is 5.91 Å². The minimum absolute atomic E-state index is 0.00412. The van der Waals surface area contributed by atoms with Gasteiger partial charge in [-0.25, -0.2) is 0 Å². The fraction of sp³-hybridized carbons (Fsp3) is 0.235. The van der Waals surface area contributed by atoms with Gasteiger partial charge in [0.1, 0.15) is 0 Å². The zero-order valence-electron chi connectivity index (χ0n) is 11.9. The Bertz CT molecular complexity index is 598. The van der Waals surface area contributed by atoms with Gasteiger partial charge in [0, 0.05) is 27.2 Å². The van der Waals surface area contributed by atoms with Crippen LogP contribution < -0.4 is 5.32 Å². The summed E-state index contributed by atoms with van der Waals surface area (Å²) >= 11 is 4.05. The third kappa shape index (κ3) is 5.71. The van der Waals surface area contributed by atoms with Crippen LogP contribution in [-0.4, -0.2) is 18.2 Å². The molecule has 0 heterocycles. The molecule has 0 aromatic heterocycles. The number of carbonyl (C=O) groups is 1. The van der Waals surface area contributed by atoms with E-state index >= 15 is 0 Å². The largest absolute Gasteiger partial charge is 0.351 e. The average molecular weight is 411 g/mol. The summed E-state index contributed by atoms with van der Waals surface area (Å²) in [5, 5.41) is 2.96. The predicted octanol–water partition coefficient (Wildman–Crippen LogP) is 4.26. The van der Waals surface area contributed by atoms with Crippen LogP contribution in [0, 0.1) is 10.5 Å². The molecule has 0 aliphatic heterocycles. The van der Waals surface area contributed by atoms with Crippen LogP contribution in [0.1, 0.15) is 21.5 Å². The molecule has 0 atom stereocenters. The summed E-state index contributed by atoms with van der Waals surface area (Å²) in [6.45, 7) is 2.79. The van der Waals surface area contributed by atoms with E-state index in [0.717, 1.165) is 20.6 Å². The monoisotopic (exact) mass is 411 g/mol. The van der Waals surface area contributed by atoms with Crippen molar-refractivity contribution in [1.82, 2.24) is 5.32 Å². The fourth-order valence-corrected chi connectivity index (χ4v) is 3.20. The highest BCUT2D eigenvalue weighted by Gasteiger charge is 2.04. The number of nitrogens with one attached hydrogen (secondary N) is 1. The zero-order chi connectivity index (χ0) is 15.1. The van der Waals surface area contributed by atoms with Crippen LogP contribution in [0.25, 0.3) is 0 Å². The quantitative estimate of drug-likeness (QED) is 0.569. The molecule has 0 saturated carbocycles. The highest BCUT2D eigenvalue weighted by molar-refractivity contribution is 14.1. The maximum absolute atomic E-state index is 11.9. The minimum atomic E-state index is 0.00412. The first-order chi connectivity index (χ1) is 10.1. The Kier molecular flexibility index (Phi) is 6.57. The van der Waals surface area contributed by atoms with Crippen molar-refractivity contribution in [3.8, 4) is 0 Å². The Morgan fingerprint density at radius 1 is 1.19 bits per heavy atom. The van der Waals surface area contributed by atoms with E-state index in [-0.39, 0.29) is 5.91 Å². The second kappa shape index (κ2) is 8.44. The smallest absolute Gasteiger partial charge is 0.251 e. The van der Waals surface area contributed by atoms with Crippen LogP contribution in [0.5, 0.6) is 0 Å². The standard InChI is InChI=1S/C17H18INOS/c1-13-5-7-14(8-6-13)12-21-10-9-19-17(20)15-3-2-4-16(18)11-15/h2-8,11H,9-10,12H2,1H3,(H,19,20). The number of aryl methyl sites for hydroxylation is 1. The molecule has 1 N–H and O–H groups in total. The van der Waals surface area contributed by atoms with Gasteiger partial charge in [-0.05, 0) is 53.3 Å². The molecule has 1 amide bonds. The van der Waals surface area contributed by atoms with Crippen molar-refractivity contribution in [2.24, 2.45) is 0 Å². The molecule has 2 aromatic rings. The molecule has 0 spiro atoms. The number of thioether (sulfide) groups is 1. The first-order valence-electron chi connectivity index (χ1n) is 6.82. The molecular formula is C17H18INOS. The number of hydrogen-bond acceptors (Lipinski definition) is 2. The Balaban J connectivity index is 1.68. The number of benzene rings is 2. The highest BCUT2D eigenvalue weighted by atomic mass is 127. The molecule has 21 heavy (non-hydrogen) atoms. The first-order valence-corrected chi connectivity index (χ1v) is 9.05. The minimum Gasteiger partial charge on any atom is -0.351 e. The van der Waals surface area contributed by atoms with E-state index in [9.17, 15) is 4.79 Å². The van der Waals surface area contributed by atoms with Crippen molar-refractivity contribution in [2.75, 3.05) is 12.3 Å². The van der Waals surface area contributed by atoms with Gasteiger partial charge in [0.15, 0.2) is 0 Å². The third-order valence-corrected chi connectivity index (χ3v) is 4.71. The van der Waals surface area contributed by atoms with Crippen molar-refractivity contribution in [2.45, 2.75) is 12.7 Å². The Morgan fingerprint density at radius 3 is 2.67 bits per heavy atom. The zero-order valence-corrected chi connectivity index (χ0v) is 14.9. The number of carbonyl (C=O) groups excluding carboxylic acids is 1. The van der Waals surface area contributed by atoms with Crippen LogP contribution in [0.3, 0.4) is 0 Å². The van der Waals surface area contributed by atoms with Crippen molar-refractivity contribution in [1.29, 1.82) is 0 Å². The van der Waals surface area contributed by atoms with E-state index in [1.165, 1.54) is 11.1 Å². The molecule has 0 aliphatic carbocycles. The topological polar surface area (TPSA) is 29.1 Å². The molecule has 2 rings (SSSR count). The molecule has 0 saturated heterocycles. The Labute approximate surface area is 143 Å². The van der Waals surface area contributed by atoms with Crippen molar-refractivity contribution < 1.29 is 4.79 Å². The van der Waals surface area contributed by atoms with Gasteiger partial charge in [0.05, 0.1) is 0 Å². The molecule has 0 fully saturated rings. The van der Waals surface area contributed by atoms with E-state index < -0.39 is 0 Å². The van der Waals surface area contributed by atoms with Gasteiger partial charge in [-0.3, -0.25) is 4.79 Å². The van der Waals surface area contributed by atoms with E-state index in [2.05, 4.69) is 59.1 Å². The molecule has 0 bridgehead atoms. The first kappa shape index (κ1) is 16.4. The van der Waals surface area contributed by atoms with Crippen molar-refractivity contribution in [3.63, 3.8) is 0 Å². The molecule has 0 radical (unpaired) electrons. The summed E-state index contributed by atoms with van der Waals surface area (Å²) in [6.07, 6.45) is 0.